The van der Waals surface area contributed by atoms with E-state index in [1.807, 2.05) is 42.5 Å². The van der Waals surface area contributed by atoms with Crippen molar-refractivity contribution in [3.63, 3.8) is 0 Å². The van der Waals surface area contributed by atoms with Crippen LogP contribution >= 0.6 is 11.8 Å². The largest absolute Gasteiger partial charge is 0.448 e. The van der Waals surface area contributed by atoms with Gasteiger partial charge in [0.1, 0.15) is 6.61 Å². The second-order valence-electron chi connectivity index (χ2n) is 7.22. The van der Waals surface area contributed by atoms with Gasteiger partial charge in [0.15, 0.2) is 5.16 Å². The predicted octanol–water partition coefficient (Wildman–Crippen LogP) is 4.05. The van der Waals surface area contributed by atoms with Crippen molar-refractivity contribution >= 4 is 28.8 Å². The normalized spacial score (nSPS) is 14.0. The van der Waals surface area contributed by atoms with Crippen molar-refractivity contribution in [2.24, 2.45) is 0 Å². The summed E-state index contributed by atoms with van der Waals surface area (Å²) in [6.45, 7) is 5.82. The molecule has 0 aliphatic carbocycles. The van der Waals surface area contributed by atoms with Crippen LogP contribution in [-0.4, -0.2) is 46.0 Å². The number of nitrogens with zero attached hydrogens (tertiary/aromatic N) is 3. The molecule has 1 amide bonds. The molecule has 1 aromatic heterocycles. The third-order valence-corrected chi connectivity index (χ3v) is 5.90. The Morgan fingerprint density at radius 3 is 2.62 bits per heavy atom. The van der Waals surface area contributed by atoms with E-state index in [-0.39, 0.29) is 17.6 Å². The molecule has 29 heavy (non-hydrogen) atoms. The van der Waals surface area contributed by atoms with Gasteiger partial charge in [0.2, 0.25) is 0 Å². The Morgan fingerprint density at radius 1 is 1.10 bits per heavy atom. The molecule has 1 saturated heterocycles. The maximum Gasteiger partial charge on any atom is 0.409 e. The van der Waals surface area contributed by atoms with Crippen molar-refractivity contribution in [2.45, 2.75) is 24.9 Å². The van der Waals surface area contributed by atoms with Crippen LogP contribution in [0.4, 0.5) is 4.79 Å². The van der Waals surface area contributed by atoms with Gasteiger partial charge in [0.05, 0.1) is 23.1 Å². The summed E-state index contributed by atoms with van der Waals surface area (Å²) in [5.41, 5.74) is 2.55. The molecule has 6 nitrogen and oxygen atoms in total. The van der Waals surface area contributed by atoms with Crippen LogP contribution in [0.25, 0.3) is 16.6 Å². The number of amides is 1. The summed E-state index contributed by atoms with van der Waals surface area (Å²) in [5, 5.41) is 1.23. The van der Waals surface area contributed by atoms with E-state index in [0.717, 1.165) is 11.3 Å². The van der Waals surface area contributed by atoms with Crippen LogP contribution in [0.1, 0.15) is 25.3 Å². The average molecular weight is 410 g/mol. The smallest absolute Gasteiger partial charge is 0.409 e. The second kappa shape index (κ2) is 8.29. The molecule has 3 aromatic rings. The van der Waals surface area contributed by atoms with Gasteiger partial charge in [-0.3, -0.25) is 9.36 Å². The highest BCUT2D eigenvalue weighted by Gasteiger charge is 2.22. The van der Waals surface area contributed by atoms with E-state index in [0.29, 0.717) is 41.5 Å². The van der Waals surface area contributed by atoms with Crippen molar-refractivity contribution in [1.29, 1.82) is 0 Å². The predicted molar refractivity (Wildman–Crippen MR) is 115 cm³/mol. The minimum Gasteiger partial charge on any atom is -0.448 e. The monoisotopic (exact) mass is 409 g/mol. The summed E-state index contributed by atoms with van der Waals surface area (Å²) in [4.78, 5) is 31.6. The molecule has 0 spiro atoms. The van der Waals surface area contributed by atoms with E-state index < -0.39 is 0 Å². The van der Waals surface area contributed by atoms with Crippen molar-refractivity contribution in [2.75, 3.05) is 25.4 Å². The van der Waals surface area contributed by atoms with E-state index in [2.05, 4.69) is 19.9 Å². The lowest BCUT2D eigenvalue weighted by Gasteiger charge is -2.18. The number of rotatable bonds is 6. The first-order valence-corrected chi connectivity index (χ1v) is 10.7. The van der Waals surface area contributed by atoms with Crippen LogP contribution in [-0.2, 0) is 4.74 Å². The van der Waals surface area contributed by atoms with Crippen molar-refractivity contribution in [3.05, 3.63) is 64.4 Å². The minimum atomic E-state index is -0.278. The average Bonchev–Trinajstić information content (AvgIpc) is 3.13. The van der Waals surface area contributed by atoms with E-state index in [4.69, 9.17) is 9.72 Å². The molecule has 0 N–H and O–H groups in total. The fourth-order valence-electron chi connectivity index (χ4n) is 3.48. The molecule has 150 valence electrons. The Bertz CT molecular complexity index is 1110. The van der Waals surface area contributed by atoms with Crippen LogP contribution in [0.15, 0.2) is 58.5 Å². The van der Waals surface area contributed by atoms with Gasteiger partial charge in [-0.15, -0.1) is 0 Å². The van der Waals surface area contributed by atoms with Gasteiger partial charge in [-0.25, -0.2) is 9.78 Å². The van der Waals surface area contributed by atoms with Crippen molar-refractivity contribution in [3.8, 4) is 5.69 Å². The number of fused-ring (bicyclic) bond motifs is 1. The van der Waals surface area contributed by atoms with E-state index in [1.54, 1.807) is 9.47 Å². The lowest BCUT2D eigenvalue weighted by atomic mass is 10.0. The SMILES string of the molecule is CC(C)c1ccccc1-n1c(SCCN2CCOC2=O)nc2ccccc2c1=O. The Hall–Kier alpha value is -2.80. The highest BCUT2D eigenvalue weighted by molar-refractivity contribution is 7.99. The summed E-state index contributed by atoms with van der Waals surface area (Å²) in [6, 6.07) is 15.4. The van der Waals surface area contributed by atoms with Crippen LogP contribution < -0.4 is 5.56 Å². The molecular weight excluding hydrogens is 386 g/mol. The molecular formula is C22H23N3O3S. The standard InChI is InChI=1S/C22H23N3O3S/c1-15(2)16-7-4-6-10-19(16)25-20(26)17-8-3-5-9-18(17)23-21(25)29-14-12-24-11-13-28-22(24)27/h3-10,15H,11-14H2,1-2H3. The summed E-state index contributed by atoms with van der Waals surface area (Å²) in [5.74, 6) is 0.894. The van der Waals surface area contributed by atoms with E-state index in [9.17, 15) is 9.59 Å². The first kappa shape index (κ1) is 19.5. The van der Waals surface area contributed by atoms with Gasteiger partial charge in [-0.05, 0) is 29.7 Å². The van der Waals surface area contributed by atoms with Crippen LogP contribution in [0.3, 0.4) is 0 Å². The number of aromatic nitrogens is 2. The van der Waals surface area contributed by atoms with Gasteiger partial charge in [-0.1, -0.05) is 55.9 Å². The van der Waals surface area contributed by atoms with Gasteiger partial charge >= 0.3 is 6.09 Å². The zero-order valence-corrected chi connectivity index (χ0v) is 17.3. The fraction of sp³-hybridized carbons (Fsp3) is 0.318. The molecule has 0 saturated carbocycles. The fourth-order valence-corrected chi connectivity index (χ4v) is 4.44. The Kier molecular flexibility index (Phi) is 5.58. The number of thioether (sulfide) groups is 1. The molecule has 1 aliphatic rings. The highest BCUT2D eigenvalue weighted by atomic mass is 32.2. The Morgan fingerprint density at radius 2 is 1.86 bits per heavy atom. The minimum absolute atomic E-state index is 0.0771. The molecule has 7 heteroatoms. The Balaban J connectivity index is 1.77. The summed E-state index contributed by atoms with van der Waals surface area (Å²) in [7, 11) is 0. The summed E-state index contributed by atoms with van der Waals surface area (Å²) >= 11 is 1.48. The van der Waals surface area contributed by atoms with Crippen LogP contribution in [0.2, 0.25) is 0 Å². The number of hydrogen-bond acceptors (Lipinski definition) is 5. The lowest BCUT2D eigenvalue weighted by molar-refractivity contribution is 0.160. The molecule has 0 unspecified atom stereocenters. The Labute approximate surface area is 173 Å². The second-order valence-corrected chi connectivity index (χ2v) is 8.28. The molecule has 0 bridgehead atoms. The van der Waals surface area contributed by atoms with Crippen molar-refractivity contribution < 1.29 is 9.53 Å². The van der Waals surface area contributed by atoms with E-state index in [1.165, 1.54) is 11.8 Å². The topological polar surface area (TPSA) is 64.4 Å². The molecule has 1 fully saturated rings. The summed E-state index contributed by atoms with van der Waals surface area (Å²) < 4.78 is 6.70. The first-order valence-electron chi connectivity index (χ1n) is 9.72. The third-order valence-electron chi connectivity index (χ3n) is 4.98. The maximum atomic E-state index is 13.4. The number of carbonyl (C=O) groups excluding carboxylic acids is 1. The van der Waals surface area contributed by atoms with Gasteiger partial charge < -0.3 is 9.64 Å². The van der Waals surface area contributed by atoms with Crippen LogP contribution in [0.5, 0.6) is 0 Å². The lowest BCUT2D eigenvalue weighted by Crippen LogP contribution is -2.27. The molecule has 0 radical (unpaired) electrons. The van der Waals surface area contributed by atoms with Gasteiger partial charge in [-0.2, -0.15) is 0 Å². The molecule has 2 aromatic carbocycles. The zero-order valence-electron chi connectivity index (χ0n) is 16.5. The van der Waals surface area contributed by atoms with Crippen molar-refractivity contribution in [1.82, 2.24) is 14.5 Å². The number of carbonyl (C=O) groups is 1. The van der Waals surface area contributed by atoms with Gasteiger partial charge in [0, 0.05) is 12.3 Å². The molecule has 0 atom stereocenters. The number of para-hydroxylation sites is 2. The third kappa shape index (κ3) is 3.87. The number of hydrogen-bond donors (Lipinski definition) is 0. The molecule has 1 aliphatic heterocycles. The highest BCUT2D eigenvalue weighted by Crippen LogP contribution is 2.27. The number of benzene rings is 2. The first-order chi connectivity index (χ1) is 14.1. The van der Waals surface area contributed by atoms with Crippen LogP contribution in [0, 0.1) is 0 Å². The quantitative estimate of drug-likeness (QED) is 0.454. The number of ether oxygens (including phenoxy) is 1. The zero-order chi connectivity index (χ0) is 20.4. The van der Waals surface area contributed by atoms with Gasteiger partial charge in [0.25, 0.3) is 5.56 Å². The summed E-state index contributed by atoms with van der Waals surface area (Å²) in [6.07, 6.45) is -0.278. The molecule has 4 rings (SSSR count). The van der Waals surface area contributed by atoms with E-state index >= 15 is 0 Å². The molecule has 2 heterocycles. The number of cyclic esters (lactones) is 1. The maximum absolute atomic E-state index is 13.4.